The maximum absolute atomic E-state index is 12.7. The van der Waals surface area contributed by atoms with Crippen LogP contribution < -0.4 is 4.74 Å². The molecule has 74 valence electrons. The van der Waals surface area contributed by atoms with E-state index in [0.717, 1.165) is 0 Å². The van der Waals surface area contributed by atoms with Crippen LogP contribution in [0.25, 0.3) is 0 Å². The Hall–Kier alpha value is -1.84. The second-order valence-corrected chi connectivity index (χ2v) is 2.15. The number of hydrogen-bond donors (Lipinski definition) is 0. The van der Waals surface area contributed by atoms with Crippen LogP contribution in [0.5, 0.6) is 5.75 Å². The molecule has 0 saturated carbocycles. The first-order valence-corrected chi connectivity index (χ1v) is 3.23. The summed E-state index contributed by atoms with van der Waals surface area (Å²) in [5.74, 6) is -2.10. The zero-order chi connectivity index (χ0) is 10.8. The Morgan fingerprint density at radius 1 is 1.36 bits per heavy atom. The molecule has 3 nitrogen and oxygen atoms in total. The largest absolute Gasteiger partial charge is 0.573 e. The zero-order valence-corrected chi connectivity index (χ0v) is 6.47. The molecule has 1 rings (SSSR count). The molecular formula is C7H2F4N2O. The number of nitriles is 1. The maximum Gasteiger partial charge on any atom is 0.573 e. The minimum atomic E-state index is -4.97. The van der Waals surface area contributed by atoms with E-state index < -0.39 is 23.5 Å². The van der Waals surface area contributed by atoms with Crippen LogP contribution in [0.15, 0.2) is 12.4 Å². The molecule has 0 aliphatic carbocycles. The third-order valence-corrected chi connectivity index (χ3v) is 1.20. The molecule has 0 atom stereocenters. The Kier molecular flexibility index (Phi) is 2.56. The number of halogens is 4. The molecule has 0 unspecified atom stereocenters. The molecule has 0 aliphatic rings. The molecule has 1 heterocycles. The summed E-state index contributed by atoms with van der Waals surface area (Å²) < 4.78 is 51.2. The highest BCUT2D eigenvalue weighted by molar-refractivity contribution is 5.41. The average molecular weight is 206 g/mol. The summed E-state index contributed by atoms with van der Waals surface area (Å²) in [4.78, 5) is 3.13. The highest BCUT2D eigenvalue weighted by atomic mass is 19.4. The van der Waals surface area contributed by atoms with Crippen LogP contribution in [0.3, 0.4) is 0 Å². The second-order valence-electron chi connectivity index (χ2n) is 2.15. The van der Waals surface area contributed by atoms with Gasteiger partial charge in [0.2, 0.25) is 0 Å². The molecule has 0 radical (unpaired) electrons. The zero-order valence-electron chi connectivity index (χ0n) is 6.47. The van der Waals surface area contributed by atoms with Crippen LogP contribution in [-0.4, -0.2) is 11.3 Å². The van der Waals surface area contributed by atoms with Gasteiger partial charge in [-0.1, -0.05) is 0 Å². The average Bonchev–Trinajstić information content (AvgIpc) is 2.01. The summed E-state index contributed by atoms with van der Waals surface area (Å²) in [5, 5.41) is 8.33. The van der Waals surface area contributed by atoms with Crippen molar-refractivity contribution in [2.75, 3.05) is 0 Å². The first-order chi connectivity index (χ1) is 6.44. The van der Waals surface area contributed by atoms with E-state index in [1.165, 1.54) is 6.07 Å². The minimum Gasteiger partial charge on any atom is -0.403 e. The fourth-order valence-electron chi connectivity index (χ4n) is 0.728. The summed E-state index contributed by atoms with van der Waals surface area (Å²) in [6.07, 6.45) is -3.72. The van der Waals surface area contributed by atoms with Gasteiger partial charge in [-0.25, -0.2) is 4.39 Å². The molecule has 0 N–H and O–H groups in total. The van der Waals surface area contributed by atoms with Gasteiger partial charge >= 0.3 is 6.36 Å². The van der Waals surface area contributed by atoms with Crippen molar-refractivity contribution in [3.63, 3.8) is 0 Å². The summed E-state index contributed by atoms with van der Waals surface area (Å²) in [7, 11) is 0. The van der Waals surface area contributed by atoms with Gasteiger partial charge in [0.05, 0.1) is 12.4 Å². The van der Waals surface area contributed by atoms with Crippen LogP contribution in [0.1, 0.15) is 5.56 Å². The van der Waals surface area contributed by atoms with Crippen molar-refractivity contribution in [2.24, 2.45) is 0 Å². The minimum absolute atomic E-state index is 0.620. The highest BCUT2D eigenvalue weighted by Crippen LogP contribution is 2.26. The Labute approximate surface area is 75.5 Å². The van der Waals surface area contributed by atoms with E-state index in [-0.39, 0.29) is 0 Å². The Balaban J connectivity index is 3.10. The van der Waals surface area contributed by atoms with E-state index >= 15 is 0 Å². The molecule has 1 aromatic heterocycles. The third-order valence-electron chi connectivity index (χ3n) is 1.20. The van der Waals surface area contributed by atoms with Crippen molar-refractivity contribution in [2.45, 2.75) is 6.36 Å². The number of alkyl halides is 3. The van der Waals surface area contributed by atoms with Crippen molar-refractivity contribution < 1.29 is 22.3 Å². The van der Waals surface area contributed by atoms with E-state index in [4.69, 9.17) is 5.26 Å². The van der Waals surface area contributed by atoms with Crippen LogP contribution in [-0.2, 0) is 0 Å². The second kappa shape index (κ2) is 3.49. The number of hydrogen-bond acceptors (Lipinski definition) is 3. The molecule has 1 aromatic rings. The maximum atomic E-state index is 12.7. The Morgan fingerprint density at radius 2 is 2.00 bits per heavy atom. The standard InChI is InChI=1S/C7H2F4N2O/c8-5-2-13-3-6(4(5)1-12)14-7(9,10)11/h2-3H. The van der Waals surface area contributed by atoms with Crippen molar-refractivity contribution in [3.8, 4) is 11.8 Å². The van der Waals surface area contributed by atoms with Crippen LogP contribution in [0.4, 0.5) is 17.6 Å². The third kappa shape index (κ3) is 2.32. The fraction of sp³-hybridized carbons (Fsp3) is 0.143. The van der Waals surface area contributed by atoms with Crippen molar-refractivity contribution >= 4 is 0 Å². The van der Waals surface area contributed by atoms with Crippen LogP contribution >= 0.6 is 0 Å². The summed E-state index contributed by atoms with van der Waals surface area (Å²) >= 11 is 0. The molecular weight excluding hydrogens is 204 g/mol. The van der Waals surface area contributed by atoms with Gasteiger partial charge in [0.1, 0.15) is 11.6 Å². The van der Waals surface area contributed by atoms with E-state index in [1.807, 2.05) is 0 Å². The van der Waals surface area contributed by atoms with Gasteiger partial charge in [0, 0.05) is 0 Å². The molecule has 0 saturated heterocycles. The number of ether oxygens (including phenoxy) is 1. The van der Waals surface area contributed by atoms with E-state index in [1.54, 1.807) is 0 Å². The lowest BCUT2D eigenvalue weighted by Gasteiger charge is -2.09. The van der Waals surface area contributed by atoms with Gasteiger partial charge in [0.25, 0.3) is 0 Å². The molecule has 14 heavy (non-hydrogen) atoms. The molecule has 0 spiro atoms. The number of pyridine rings is 1. The molecule has 0 aliphatic heterocycles. The first-order valence-electron chi connectivity index (χ1n) is 3.23. The lowest BCUT2D eigenvalue weighted by atomic mass is 10.2. The normalized spacial score (nSPS) is 10.8. The topological polar surface area (TPSA) is 45.9 Å². The molecule has 0 fully saturated rings. The van der Waals surface area contributed by atoms with Gasteiger partial charge in [-0.3, -0.25) is 4.98 Å². The quantitative estimate of drug-likeness (QED) is 0.660. The summed E-state index contributed by atoms with van der Waals surface area (Å²) in [6, 6.07) is 1.25. The SMILES string of the molecule is N#Cc1c(F)cncc1OC(F)(F)F. The van der Waals surface area contributed by atoms with Gasteiger partial charge in [-0.15, -0.1) is 13.2 Å². The van der Waals surface area contributed by atoms with Gasteiger partial charge in [0.15, 0.2) is 11.6 Å². The van der Waals surface area contributed by atoms with E-state index in [9.17, 15) is 17.6 Å². The first kappa shape index (κ1) is 10.2. The molecule has 0 amide bonds. The van der Waals surface area contributed by atoms with Crippen LogP contribution in [0.2, 0.25) is 0 Å². The number of nitrogens with zero attached hydrogens (tertiary/aromatic N) is 2. The van der Waals surface area contributed by atoms with Crippen molar-refractivity contribution in [3.05, 3.63) is 23.8 Å². The smallest absolute Gasteiger partial charge is 0.403 e. The lowest BCUT2D eigenvalue weighted by molar-refractivity contribution is -0.274. The molecule has 7 heteroatoms. The van der Waals surface area contributed by atoms with Crippen molar-refractivity contribution in [1.82, 2.24) is 4.98 Å². The highest BCUT2D eigenvalue weighted by Gasteiger charge is 2.32. The van der Waals surface area contributed by atoms with E-state index in [2.05, 4.69) is 9.72 Å². The Morgan fingerprint density at radius 3 is 2.50 bits per heavy atom. The predicted octanol–water partition coefficient (Wildman–Crippen LogP) is 1.99. The number of rotatable bonds is 1. The molecule has 0 aromatic carbocycles. The van der Waals surface area contributed by atoms with Gasteiger partial charge < -0.3 is 4.74 Å². The van der Waals surface area contributed by atoms with Gasteiger partial charge in [-0.2, -0.15) is 5.26 Å². The summed E-state index contributed by atoms with van der Waals surface area (Å²) in [6.45, 7) is 0. The van der Waals surface area contributed by atoms with Crippen LogP contribution in [0, 0.1) is 17.1 Å². The Bertz CT molecular complexity index is 382. The number of aromatic nitrogens is 1. The van der Waals surface area contributed by atoms with E-state index in [0.29, 0.717) is 12.4 Å². The lowest BCUT2D eigenvalue weighted by Crippen LogP contribution is -2.18. The van der Waals surface area contributed by atoms with Crippen molar-refractivity contribution in [1.29, 1.82) is 5.26 Å². The predicted molar refractivity (Wildman–Crippen MR) is 35.6 cm³/mol. The fourth-order valence-corrected chi connectivity index (χ4v) is 0.728. The van der Waals surface area contributed by atoms with Gasteiger partial charge in [-0.05, 0) is 0 Å². The molecule has 0 bridgehead atoms. The monoisotopic (exact) mass is 206 g/mol. The summed E-state index contributed by atoms with van der Waals surface area (Å²) in [5.41, 5.74) is -0.822.